The predicted octanol–water partition coefficient (Wildman–Crippen LogP) is 5.73. The highest BCUT2D eigenvalue weighted by atomic mass is 35.5. The SMILES string of the molecule is CCCCCCCCC(Cl)c1ccc(OC)c(OC)c1. The fraction of sp³-hybridized carbons (Fsp3) is 0.647. The summed E-state index contributed by atoms with van der Waals surface area (Å²) in [5.74, 6) is 1.50. The van der Waals surface area contributed by atoms with E-state index in [-0.39, 0.29) is 5.38 Å². The maximum atomic E-state index is 6.47. The largest absolute Gasteiger partial charge is 0.493 e. The molecule has 0 fully saturated rings. The minimum absolute atomic E-state index is 0.0565. The molecule has 0 aliphatic rings. The van der Waals surface area contributed by atoms with E-state index in [1.54, 1.807) is 14.2 Å². The summed E-state index contributed by atoms with van der Waals surface area (Å²) in [6.07, 6.45) is 8.79. The molecule has 0 amide bonds. The van der Waals surface area contributed by atoms with E-state index in [0.29, 0.717) is 0 Å². The predicted molar refractivity (Wildman–Crippen MR) is 86.1 cm³/mol. The van der Waals surface area contributed by atoms with E-state index in [1.807, 2.05) is 18.2 Å². The molecule has 0 bridgehead atoms. The van der Waals surface area contributed by atoms with Crippen molar-refractivity contribution in [3.05, 3.63) is 23.8 Å². The molecule has 1 atom stereocenters. The molecule has 0 radical (unpaired) electrons. The van der Waals surface area contributed by atoms with Crippen molar-refractivity contribution >= 4 is 11.6 Å². The number of rotatable bonds is 10. The fourth-order valence-corrected chi connectivity index (χ4v) is 2.61. The van der Waals surface area contributed by atoms with E-state index in [9.17, 15) is 0 Å². The Kier molecular flexibility index (Phi) is 8.52. The van der Waals surface area contributed by atoms with Gasteiger partial charge in [0, 0.05) is 0 Å². The van der Waals surface area contributed by atoms with Crippen LogP contribution in [0.5, 0.6) is 11.5 Å². The third-order valence-electron chi connectivity index (χ3n) is 3.58. The van der Waals surface area contributed by atoms with Gasteiger partial charge >= 0.3 is 0 Å². The minimum atomic E-state index is 0.0565. The Labute approximate surface area is 128 Å². The van der Waals surface area contributed by atoms with Crippen LogP contribution in [0.25, 0.3) is 0 Å². The van der Waals surface area contributed by atoms with Crippen LogP contribution >= 0.6 is 11.6 Å². The van der Waals surface area contributed by atoms with Gasteiger partial charge in [0.25, 0.3) is 0 Å². The molecule has 0 saturated carbocycles. The summed E-state index contributed by atoms with van der Waals surface area (Å²) in [5, 5.41) is 0.0565. The van der Waals surface area contributed by atoms with E-state index >= 15 is 0 Å². The van der Waals surface area contributed by atoms with Crippen LogP contribution < -0.4 is 9.47 Å². The Balaban J connectivity index is 2.41. The van der Waals surface area contributed by atoms with Gasteiger partial charge in [-0.05, 0) is 24.1 Å². The van der Waals surface area contributed by atoms with Crippen LogP contribution in [0.4, 0.5) is 0 Å². The van der Waals surface area contributed by atoms with Crippen LogP contribution in [0.2, 0.25) is 0 Å². The molecule has 1 rings (SSSR count). The van der Waals surface area contributed by atoms with Crippen molar-refractivity contribution in [3.8, 4) is 11.5 Å². The maximum Gasteiger partial charge on any atom is 0.161 e. The van der Waals surface area contributed by atoms with Crippen molar-refractivity contribution < 1.29 is 9.47 Å². The van der Waals surface area contributed by atoms with Crippen LogP contribution in [-0.2, 0) is 0 Å². The topological polar surface area (TPSA) is 18.5 Å². The number of hydrogen-bond donors (Lipinski definition) is 0. The van der Waals surface area contributed by atoms with Gasteiger partial charge in [0.1, 0.15) is 0 Å². The summed E-state index contributed by atoms with van der Waals surface area (Å²) in [7, 11) is 3.30. The van der Waals surface area contributed by atoms with Gasteiger partial charge in [-0.25, -0.2) is 0 Å². The highest BCUT2D eigenvalue weighted by Gasteiger charge is 2.11. The van der Waals surface area contributed by atoms with Crippen LogP contribution in [0.15, 0.2) is 18.2 Å². The molecule has 0 spiro atoms. The normalized spacial score (nSPS) is 12.2. The standard InChI is InChI=1S/C17H27ClO2/c1-4-5-6-7-8-9-10-15(18)14-11-12-16(19-2)17(13-14)20-3/h11-13,15H,4-10H2,1-3H3. The summed E-state index contributed by atoms with van der Waals surface area (Å²) in [5.41, 5.74) is 1.11. The Morgan fingerprint density at radius 3 is 2.25 bits per heavy atom. The number of benzene rings is 1. The molecule has 0 aliphatic carbocycles. The number of hydrogen-bond acceptors (Lipinski definition) is 2. The van der Waals surface area contributed by atoms with Gasteiger partial charge in [-0.3, -0.25) is 0 Å². The van der Waals surface area contributed by atoms with Gasteiger partial charge in [-0.1, -0.05) is 51.5 Å². The Hall–Kier alpha value is -0.890. The lowest BCUT2D eigenvalue weighted by molar-refractivity contribution is 0.354. The number of alkyl halides is 1. The third-order valence-corrected chi connectivity index (χ3v) is 4.05. The van der Waals surface area contributed by atoms with Gasteiger partial charge in [0.15, 0.2) is 11.5 Å². The van der Waals surface area contributed by atoms with Gasteiger partial charge in [0.2, 0.25) is 0 Å². The first-order chi connectivity index (χ1) is 9.72. The molecular formula is C17H27ClO2. The van der Waals surface area contributed by atoms with Crippen LogP contribution in [0, 0.1) is 0 Å². The number of ether oxygens (including phenoxy) is 2. The molecule has 0 saturated heterocycles. The summed E-state index contributed by atoms with van der Waals surface area (Å²) in [4.78, 5) is 0. The van der Waals surface area contributed by atoms with E-state index < -0.39 is 0 Å². The molecule has 20 heavy (non-hydrogen) atoms. The van der Waals surface area contributed by atoms with E-state index in [1.165, 1.54) is 38.5 Å². The van der Waals surface area contributed by atoms with Gasteiger partial charge < -0.3 is 9.47 Å². The number of halogens is 1. The van der Waals surface area contributed by atoms with Crippen molar-refractivity contribution in [2.45, 2.75) is 57.2 Å². The van der Waals surface area contributed by atoms with E-state index in [4.69, 9.17) is 21.1 Å². The summed E-state index contributed by atoms with van der Waals surface area (Å²) in [6, 6.07) is 5.93. The van der Waals surface area contributed by atoms with Crippen LogP contribution in [0.3, 0.4) is 0 Å². The molecule has 2 nitrogen and oxygen atoms in total. The summed E-state index contributed by atoms with van der Waals surface area (Å²) in [6.45, 7) is 2.24. The first-order valence-electron chi connectivity index (χ1n) is 7.59. The van der Waals surface area contributed by atoms with Crippen LogP contribution in [0.1, 0.15) is 62.8 Å². The fourth-order valence-electron chi connectivity index (χ4n) is 2.32. The molecule has 0 N–H and O–H groups in total. The molecule has 0 aromatic heterocycles. The zero-order valence-electron chi connectivity index (χ0n) is 13.0. The van der Waals surface area contributed by atoms with Crippen molar-refractivity contribution in [1.29, 1.82) is 0 Å². The maximum absolute atomic E-state index is 6.47. The van der Waals surface area contributed by atoms with Gasteiger partial charge in [-0.2, -0.15) is 0 Å². The first kappa shape index (κ1) is 17.2. The zero-order chi connectivity index (χ0) is 14.8. The van der Waals surface area contributed by atoms with Gasteiger partial charge in [0.05, 0.1) is 19.6 Å². The lowest BCUT2D eigenvalue weighted by Crippen LogP contribution is -1.95. The zero-order valence-corrected chi connectivity index (χ0v) is 13.7. The van der Waals surface area contributed by atoms with Crippen LogP contribution in [-0.4, -0.2) is 14.2 Å². The Bertz CT molecular complexity index is 379. The quantitative estimate of drug-likeness (QED) is 0.405. The molecule has 0 heterocycles. The van der Waals surface area contributed by atoms with E-state index in [2.05, 4.69) is 6.92 Å². The Morgan fingerprint density at radius 2 is 1.60 bits per heavy atom. The number of methoxy groups -OCH3 is 2. The molecule has 1 unspecified atom stereocenters. The smallest absolute Gasteiger partial charge is 0.161 e. The lowest BCUT2D eigenvalue weighted by Gasteiger charge is -2.13. The third kappa shape index (κ3) is 5.62. The highest BCUT2D eigenvalue weighted by Crippen LogP contribution is 2.34. The van der Waals surface area contributed by atoms with Crippen molar-refractivity contribution in [1.82, 2.24) is 0 Å². The molecular weight excluding hydrogens is 272 g/mol. The van der Waals surface area contributed by atoms with Crippen molar-refractivity contribution in [3.63, 3.8) is 0 Å². The summed E-state index contributed by atoms with van der Waals surface area (Å²) >= 11 is 6.47. The van der Waals surface area contributed by atoms with Gasteiger partial charge in [-0.15, -0.1) is 11.6 Å². The highest BCUT2D eigenvalue weighted by molar-refractivity contribution is 6.20. The minimum Gasteiger partial charge on any atom is -0.493 e. The second kappa shape index (κ2) is 9.93. The lowest BCUT2D eigenvalue weighted by atomic mass is 10.0. The van der Waals surface area contributed by atoms with E-state index in [0.717, 1.165) is 23.5 Å². The monoisotopic (exact) mass is 298 g/mol. The number of unbranched alkanes of at least 4 members (excludes halogenated alkanes) is 5. The average molecular weight is 299 g/mol. The second-order valence-corrected chi connectivity index (χ2v) is 5.67. The van der Waals surface area contributed by atoms with Crippen molar-refractivity contribution in [2.24, 2.45) is 0 Å². The average Bonchev–Trinajstić information content (AvgIpc) is 2.49. The second-order valence-electron chi connectivity index (χ2n) is 5.14. The first-order valence-corrected chi connectivity index (χ1v) is 8.02. The molecule has 1 aromatic rings. The molecule has 3 heteroatoms. The molecule has 0 aliphatic heterocycles. The van der Waals surface area contributed by atoms with Crippen molar-refractivity contribution in [2.75, 3.05) is 14.2 Å². The summed E-state index contributed by atoms with van der Waals surface area (Å²) < 4.78 is 10.6. The molecule has 114 valence electrons. The Morgan fingerprint density at radius 1 is 0.950 bits per heavy atom. The molecule has 1 aromatic carbocycles.